The highest BCUT2D eigenvalue weighted by molar-refractivity contribution is 6.04. The lowest BCUT2D eigenvalue weighted by Gasteiger charge is -2.11. The van der Waals surface area contributed by atoms with E-state index in [1.165, 1.54) is 22.9 Å². The second-order valence-electron chi connectivity index (χ2n) is 7.10. The van der Waals surface area contributed by atoms with Gasteiger partial charge in [-0.1, -0.05) is 12.1 Å². The zero-order valence-electron chi connectivity index (χ0n) is 16.8. The number of rotatable bonds is 6. The maximum Gasteiger partial charge on any atom is 0.269 e. The number of fused-ring (bicyclic) bond motifs is 1. The monoisotopic (exact) mass is 421 g/mol. The molecule has 2 amide bonds. The Bertz CT molecular complexity index is 1200. The molecule has 2 N–H and O–H groups in total. The summed E-state index contributed by atoms with van der Waals surface area (Å²) in [5.41, 5.74) is 2.50. The molecule has 0 aliphatic carbocycles. The van der Waals surface area contributed by atoms with Crippen LogP contribution in [0.4, 0.5) is 17.2 Å². The van der Waals surface area contributed by atoms with E-state index in [1.807, 2.05) is 24.3 Å². The van der Waals surface area contributed by atoms with Gasteiger partial charge in [0.1, 0.15) is 17.6 Å². The van der Waals surface area contributed by atoms with E-state index in [0.29, 0.717) is 22.8 Å². The number of nitro benzene ring substituents is 1. The van der Waals surface area contributed by atoms with Crippen molar-refractivity contribution in [1.82, 2.24) is 9.78 Å². The molecule has 0 bridgehead atoms. The molecule has 0 radical (unpaired) electrons. The quantitative estimate of drug-likeness (QED) is 0.464. The zero-order chi connectivity index (χ0) is 22.1. The fraction of sp³-hybridized carbons (Fsp3) is 0.190. The van der Waals surface area contributed by atoms with Crippen LogP contribution in [-0.4, -0.2) is 33.6 Å². The van der Waals surface area contributed by atoms with Gasteiger partial charge in [0, 0.05) is 23.4 Å². The Balaban J connectivity index is 1.52. The standard InChI is InChI=1S/C21H19N5O5/c1-12-8-14(26(29)30)6-7-17(12)23-19(27)10-18-21(28)24-20-16(11-22-25(18)20)13-4-3-5-15(9-13)31-2/h3-9,11,18H,10H2,1-2H3,(H,23,27)(H,24,28). The van der Waals surface area contributed by atoms with Gasteiger partial charge < -0.3 is 15.4 Å². The summed E-state index contributed by atoms with van der Waals surface area (Å²) in [6, 6.07) is 10.7. The van der Waals surface area contributed by atoms with E-state index in [-0.39, 0.29) is 18.0 Å². The van der Waals surface area contributed by atoms with Gasteiger partial charge in [0.25, 0.3) is 11.6 Å². The average Bonchev–Trinajstić information content (AvgIpc) is 3.28. The molecule has 1 aliphatic heterocycles. The predicted molar refractivity (Wildman–Crippen MR) is 113 cm³/mol. The van der Waals surface area contributed by atoms with Gasteiger partial charge in [0.2, 0.25) is 5.91 Å². The summed E-state index contributed by atoms with van der Waals surface area (Å²) < 4.78 is 6.75. The van der Waals surface area contributed by atoms with E-state index in [9.17, 15) is 19.7 Å². The minimum absolute atomic E-state index is 0.0584. The van der Waals surface area contributed by atoms with Gasteiger partial charge in [-0.25, -0.2) is 4.68 Å². The first-order valence-corrected chi connectivity index (χ1v) is 9.45. The lowest BCUT2D eigenvalue weighted by atomic mass is 10.1. The maximum absolute atomic E-state index is 12.6. The van der Waals surface area contributed by atoms with Gasteiger partial charge in [-0.3, -0.25) is 19.7 Å². The van der Waals surface area contributed by atoms with E-state index < -0.39 is 16.9 Å². The average molecular weight is 421 g/mol. The van der Waals surface area contributed by atoms with Crippen LogP contribution in [-0.2, 0) is 9.59 Å². The third-order valence-corrected chi connectivity index (χ3v) is 5.09. The van der Waals surface area contributed by atoms with Gasteiger partial charge >= 0.3 is 0 Å². The number of carbonyl (C=O) groups is 2. The topological polar surface area (TPSA) is 128 Å². The van der Waals surface area contributed by atoms with E-state index in [0.717, 1.165) is 11.1 Å². The molecule has 2 heterocycles. The Hall–Kier alpha value is -4.21. The van der Waals surface area contributed by atoms with Crippen LogP contribution < -0.4 is 15.4 Å². The first-order valence-electron chi connectivity index (χ1n) is 9.45. The molecule has 0 fully saturated rings. The van der Waals surface area contributed by atoms with Crippen LogP contribution in [0, 0.1) is 17.0 Å². The molecular formula is C21H19N5O5. The molecule has 10 heteroatoms. The molecule has 10 nitrogen and oxygen atoms in total. The first kappa shape index (κ1) is 20.1. The predicted octanol–water partition coefficient (Wildman–Crippen LogP) is 3.30. The van der Waals surface area contributed by atoms with Crippen molar-refractivity contribution in [3.63, 3.8) is 0 Å². The smallest absolute Gasteiger partial charge is 0.269 e. The molecule has 158 valence electrons. The van der Waals surface area contributed by atoms with Gasteiger partial charge in [-0.15, -0.1) is 0 Å². The first-order chi connectivity index (χ1) is 14.9. The van der Waals surface area contributed by atoms with E-state index in [1.54, 1.807) is 20.2 Å². The van der Waals surface area contributed by atoms with Crippen molar-refractivity contribution >= 4 is 29.0 Å². The summed E-state index contributed by atoms with van der Waals surface area (Å²) in [5.74, 6) is 0.463. The fourth-order valence-corrected chi connectivity index (χ4v) is 3.49. The summed E-state index contributed by atoms with van der Waals surface area (Å²) >= 11 is 0. The van der Waals surface area contributed by atoms with Crippen LogP contribution in [0.3, 0.4) is 0 Å². The summed E-state index contributed by atoms with van der Waals surface area (Å²) in [7, 11) is 1.57. The lowest BCUT2D eigenvalue weighted by Crippen LogP contribution is -2.23. The van der Waals surface area contributed by atoms with Crippen molar-refractivity contribution in [2.75, 3.05) is 17.7 Å². The SMILES string of the molecule is COc1cccc(-c2cnn3c2NC(=O)C3CC(=O)Nc2ccc([N+](=O)[O-])cc2C)c1. The van der Waals surface area contributed by atoms with E-state index in [4.69, 9.17) is 4.74 Å². The number of benzene rings is 2. The lowest BCUT2D eigenvalue weighted by molar-refractivity contribution is -0.384. The van der Waals surface area contributed by atoms with Crippen molar-refractivity contribution in [2.45, 2.75) is 19.4 Å². The number of amides is 2. The van der Waals surface area contributed by atoms with E-state index in [2.05, 4.69) is 15.7 Å². The number of nitrogens with one attached hydrogen (secondary N) is 2. The molecule has 1 atom stereocenters. The van der Waals surface area contributed by atoms with Crippen LogP contribution in [0.5, 0.6) is 5.75 Å². The number of hydrogen-bond donors (Lipinski definition) is 2. The Morgan fingerprint density at radius 1 is 1.32 bits per heavy atom. The number of hydrogen-bond acceptors (Lipinski definition) is 6. The van der Waals surface area contributed by atoms with Crippen LogP contribution in [0.25, 0.3) is 11.1 Å². The molecule has 2 aromatic carbocycles. The van der Waals surface area contributed by atoms with Crippen LogP contribution in [0.2, 0.25) is 0 Å². The Labute approximate surface area is 177 Å². The highest BCUT2D eigenvalue weighted by Crippen LogP contribution is 2.36. The number of aryl methyl sites for hydroxylation is 1. The third kappa shape index (κ3) is 3.82. The summed E-state index contributed by atoms with van der Waals surface area (Å²) in [6.07, 6.45) is 1.50. The van der Waals surface area contributed by atoms with Gasteiger partial charge in [0.15, 0.2) is 0 Å². The second kappa shape index (κ2) is 7.90. The van der Waals surface area contributed by atoms with Crippen molar-refractivity contribution < 1.29 is 19.2 Å². The fourth-order valence-electron chi connectivity index (χ4n) is 3.49. The molecule has 0 saturated carbocycles. The number of nitro groups is 1. The maximum atomic E-state index is 12.6. The zero-order valence-corrected chi connectivity index (χ0v) is 16.8. The number of ether oxygens (including phenoxy) is 1. The highest BCUT2D eigenvalue weighted by Gasteiger charge is 2.35. The number of aromatic nitrogens is 2. The number of carbonyl (C=O) groups excluding carboxylic acids is 2. The molecule has 4 rings (SSSR count). The van der Waals surface area contributed by atoms with Crippen molar-refractivity contribution in [3.8, 4) is 16.9 Å². The van der Waals surface area contributed by atoms with Crippen LogP contribution in [0.1, 0.15) is 18.0 Å². The van der Waals surface area contributed by atoms with Gasteiger partial charge in [0.05, 0.1) is 24.7 Å². The molecule has 1 aliphatic rings. The summed E-state index contributed by atoms with van der Waals surface area (Å²) in [4.78, 5) is 35.5. The molecule has 0 saturated heterocycles. The molecule has 0 spiro atoms. The molecular weight excluding hydrogens is 402 g/mol. The van der Waals surface area contributed by atoms with Gasteiger partial charge in [-0.2, -0.15) is 5.10 Å². The normalized spacial score (nSPS) is 14.6. The van der Waals surface area contributed by atoms with Crippen molar-refractivity contribution in [3.05, 3.63) is 64.3 Å². The van der Waals surface area contributed by atoms with E-state index >= 15 is 0 Å². The minimum Gasteiger partial charge on any atom is -0.497 e. The van der Waals surface area contributed by atoms with Crippen molar-refractivity contribution in [2.24, 2.45) is 0 Å². The highest BCUT2D eigenvalue weighted by atomic mass is 16.6. The number of methoxy groups -OCH3 is 1. The minimum atomic E-state index is -0.798. The Morgan fingerprint density at radius 3 is 2.84 bits per heavy atom. The molecule has 31 heavy (non-hydrogen) atoms. The molecule has 1 aromatic heterocycles. The second-order valence-corrected chi connectivity index (χ2v) is 7.10. The Kier molecular flexibility index (Phi) is 5.12. The summed E-state index contributed by atoms with van der Waals surface area (Å²) in [6.45, 7) is 1.66. The number of non-ortho nitro benzene ring substituents is 1. The van der Waals surface area contributed by atoms with Crippen LogP contribution >= 0.6 is 0 Å². The number of anilines is 2. The summed E-state index contributed by atoms with van der Waals surface area (Å²) in [5, 5.41) is 20.7. The Morgan fingerprint density at radius 2 is 2.13 bits per heavy atom. The third-order valence-electron chi connectivity index (χ3n) is 5.09. The molecule has 1 unspecified atom stereocenters. The van der Waals surface area contributed by atoms with Gasteiger partial charge in [-0.05, 0) is 36.2 Å². The number of nitrogens with zero attached hydrogens (tertiary/aromatic N) is 3. The molecule has 3 aromatic rings. The van der Waals surface area contributed by atoms with Crippen molar-refractivity contribution in [1.29, 1.82) is 0 Å². The largest absolute Gasteiger partial charge is 0.497 e. The van der Waals surface area contributed by atoms with Crippen LogP contribution in [0.15, 0.2) is 48.7 Å².